The minimum Gasteiger partial charge on any atom is -0.508 e. The minimum atomic E-state index is -0.294. The highest BCUT2D eigenvalue weighted by molar-refractivity contribution is 6.06. The minimum absolute atomic E-state index is 0.124. The van der Waals surface area contributed by atoms with Crippen molar-refractivity contribution in [1.82, 2.24) is 9.88 Å². The Hall–Kier alpha value is -4.14. The average molecular weight is 562 g/mol. The van der Waals surface area contributed by atoms with Crippen LogP contribution in [0.4, 0.5) is 21.5 Å². The first-order valence-corrected chi connectivity index (χ1v) is 14.4. The number of halogens is 1. The maximum Gasteiger partial charge on any atom is 0.276 e. The third kappa shape index (κ3) is 6.61. The SMILES string of the molecule is CC.CNc1ccc(O)cc1CCN(C=O)C1CCN(c2cc(C(=O)N3CCc4cc(F)ccc43)ncc2C)CC1. The van der Waals surface area contributed by atoms with Crippen LogP contribution in [0.25, 0.3) is 0 Å². The molecule has 2 aliphatic heterocycles. The van der Waals surface area contributed by atoms with Crippen LogP contribution >= 0.6 is 0 Å². The molecule has 2 aromatic carbocycles. The second kappa shape index (κ2) is 13.5. The highest BCUT2D eigenvalue weighted by Crippen LogP contribution is 2.31. The van der Waals surface area contributed by atoms with Gasteiger partial charge in [-0.3, -0.25) is 14.6 Å². The fourth-order valence-corrected chi connectivity index (χ4v) is 5.73. The lowest BCUT2D eigenvalue weighted by atomic mass is 10.0. The number of carbonyl (C=O) groups is 2. The number of rotatable bonds is 8. The summed E-state index contributed by atoms with van der Waals surface area (Å²) in [5.41, 5.74) is 5.83. The number of phenols is 1. The van der Waals surface area contributed by atoms with Crippen molar-refractivity contribution in [2.24, 2.45) is 0 Å². The number of aromatic hydroxyl groups is 1. The van der Waals surface area contributed by atoms with Crippen LogP contribution in [0.1, 0.15) is 53.9 Å². The lowest BCUT2D eigenvalue weighted by Crippen LogP contribution is -2.45. The van der Waals surface area contributed by atoms with Gasteiger partial charge in [-0.15, -0.1) is 0 Å². The topological polar surface area (TPSA) is 89.0 Å². The van der Waals surface area contributed by atoms with Crippen molar-refractivity contribution in [2.75, 3.05) is 48.3 Å². The van der Waals surface area contributed by atoms with Crippen LogP contribution in [0.2, 0.25) is 0 Å². The molecule has 1 saturated heterocycles. The number of phenolic OH excluding ortho intramolecular Hbond substituents is 1. The number of carbonyl (C=O) groups excluding carboxylic acids is 2. The van der Waals surface area contributed by atoms with Crippen molar-refractivity contribution in [3.63, 3.8) is 0 Å². The molecule has 3 aromatic rings. The van der Waals surface area contributed by atoms with Gasteiger partial charge in [-0.1, -0.05) is 13.8 Å². The van der Waals surface area contributed by atoms with Crippen LogP contribution < -0.4 is 15.1 Å². The first-order valence-electron chi connectivity index (χ1n) is 14.4. The number of hydrogen-bond donors (Lipinski definition) is 2. The number of benzene rings is 2. The van der Waals surface area contributed by atoms with Gasteiger partial charge in [-0.25, -0.2) is 4.39 Å². The Morgan fingerprint density at radius 1 is 1.12 bits per heavy atom. The van der Waals surface area contributed by atoms with Crippen molar-refractivity contribution in [1.29, 1.82) is 0 Å². The van der Waals surface area contributed by atoms with E-state index in [1.54, 1.807) is 29.3 Å². The number of pyridine rings is 1. The molecule has 0 saturated carbocycles. The number of aryl methyl sites for hydroxylation is 1. The van der Waals surface area contributed by atoms with E-state index in [1.165, 1.54) is 12.1 Å². The molecule has 0 aliphatic carbocycles. The second-order valence-corrected chi connectivity index (χ2v) is 10.2. The van der Waals surface area contributed by atoms with Crippen molar-refractivity contribution in [2.45, 2.75) is 52.5 Å². The third-order valence-corrected chi connectivity index (χ3v) is 7.88. The Morgan fingerprint density at radius 3 is 2.59 bits per heavy atom. The molecule has 9 heteroatoms. The Balaban J connectivity index is 0.00000189. The largest absolute Gasteiger partial charge is 0.508 e. The number of amides is 2. The number of nitrogens with zero attached hydrogens (tertiary/aromatic N) is 4. The molecule has 1 aromatic heterocycles. The maximum absolute atomic E-state index is 13.6. The van der Waals surface area contributed by atoms with Crippen molar-refractivity contribution in [3.8, 4) is 5.75 Å². The molecular formula is C32H40FN5O3. The fourth-order valence-electron chi connectivity index (χ4n) is 5.73. The molecule has 0 radical (unpaired) electrons. The molecule has 41 heavy (non-hydrogen) atoms. The van der Waals surface area contributed by atoms with E-state index in [4.69, 9.17) is 0 Å². The monoisotopic (exact) mass is 561 g/mol. The number of fused-ring (bicyclic) bond motifs is 1. The molecule has 2 N–H and O–H groups in total. The summed E-state index contributed by atoms with van der Waals surface area (Å²) in [5, 5.41) is 13.0. The zero-order valence-electron chi connectivity index (χ0n) is 24.4. The number of aromatic nitrogens is 1. The molecule has 5 rings (SSSR count). The predicted octanol–water partition coefficient (Wildman–Crippen LogP) is 5.18. The lowest BCUT2D eigenvalue weighted by molar-refractivity contribution is -0.120. The van der Waals surface area contributed by atoms with Gasteiger partial charge in [0.25, 0.3) is 5.91 Å². The molecule has 0 spiro atoms. The van der Waals surface area contributed by atoms with E-state index < -0.39 is 0 Å². The molecule has 2 aliphatic rings. The van der Waals surface area contributed by atoms with Gasteiger partial charge < -0.3 is 25.1 Å². The summed E-state index contributed by atoms with van der Waals surface area (Å²) < 4.78 is 13.6. The van der Waals surface area contributed by atoms with Gasteiger partial charge in [-0.05, 0) is 91.8 Å². The summed E-state index contributed by atoms with van der Waals surface area (Å²) in [7, 11) is 1.84. The molecule has 0 bridgehead atoms. The van der Waals surface area contributed by atoms with Crippen molar-refractivity contribution in [3.05, 3.63) is 76.9 Å². The third-order valence-electron chi connectivity index (χ3n) is 7.88. The number of hydrogen-bond acceptors (Lipinski definition) is 6. The van der Waals surface area contributed by atoms with Crippen LogP contribution in [0.15, 0.2) is 48.7 Å². The van der Waals surface area contributed by atoms with E-state index in [0.717, 1.165) is 66.1 Å². The van der Waals surface area contributed by atoms with Crippen LogP contribution in [-0.4, -0.2) is 66.6 Å². The van der Waals surface area contributed by atoms with E-state index in [-0.39, 0.29) is 23.5 Å². The normalized spacial score (nSPS) is 14.7. The summed E-state index contributed by atoms with van der Waals surface area (Å²) >= 11 is 0. The van der Waals surface area contributed by atoms with Gasteiger partial charge in [0.2, 0.25) is 6.41 Å². The van der Waals surface area contributed by atoms with Gasteiger partial charge in [0.05, 0.1) is 0 Å². The number of anilines is 3. The second-order valence-electron chi connectivity index (χ2n) is 10.2. The van der Waals surface area contributed by atoms with Crippen molar-refractivity contribution >= 4 is 29.4 Å². The van der Waals surface area contributed by atoms with E-state index >= 15 is 0 Å². The molecule has 8 nitrogen and oxygen atoms in total. The lowest BCUT2D eigenvalue weighted by Gasteiger charge is -2.38. The average Bonchev–Trinajstić information content (AvgIpc) is 3.42. The predicted molar refractivity (Wildman–Crippen MR) is 161 cm³/mol. The standard InChI is InChI=1S/C30H34FN5O3.C2H6/c1-20-18-33-27(30(39)36-14-8-22-15-23(31)3-6-28(22)36)17-29(20)34-12-9-24(10-13-34)35(19-37)11-7-21-16-25(38)4-5-26(21)32-2;1-2/h3-6,15-19,24,32,38H,7-14H2,1-2H3;1-2H3. The van der Waals surface area contributed by atoms with E-state index in [1.807, 2.05) is 44.9 Å². The summed E-state index contributed by atoms with van der Waals surface area (Å²) in [6, 6.07) is 11.7. The quantitative estimate of drug-likeness (QED) is 0.291. The highest BCUT2D eigenvalue weighted by Gasteiger charge is 2.29. The zero-order chi connectivity index (χ0) is 29.5. The number of nitrogens with one attached hydrogen (secondary N) is 1. The summed E-state index contributed by atoms with van der Waals surface area (Å²) in [6.07, 6.45) is 5.56. The van der Waals surface area contributed by atoms with Crippen LogP contribution in [0, 0.1) is 12.7 Å². The van der Waals surface area contributed by atoms with Gasteiger partial charge in [0, 0.05) is 62.5 Å². The molecule has 3 heterocycles. The van der Waals surface area contributed by atoms with Crippen LogP contribution in [-0.2, 0) is 17.6 Å². The van der Waals surface area contributed by atoms with E-state index in [0.29, 0.717) is 31.6 Å². The Morgan fingerprint density at radius 2 is 1.88 bits per heavy atom. The molecule has 2 amide bonds. The molecule has 218 valence electrons. The first-order chi connectivity index (χ1) is 19.9. The molecular weight excluding hydrogens is 521 g/mol. The number of piperidine rings is 1. The van der Waals surface area contributed by atoms with Crippen molar-refractivity contribution < 1.29 is 19.1 Å². The van der Waals surface area contributed by atoms with E-state index in [9.17, 15) is 19.1 Å². The van der Waals surface area contributed by atoms with Gasteiger partial charge in [0.15, 0.2) is 0 Å². The zero-order valence-corrected chi connectivity index (χ0v) is 24.4. The first kappa shape index (κ1) is 29.8. The van der Waals surface area contributed by atoms with Crippen LogP contribution in [0.5, 0.6) is 5.75 Å². The molecule has 0 unspecified atom stereocenters. The summed E-state index contributed by atoms with van der Waals surface area (Å²) in [6.45, 7) is 8.58. The maximum atomic E-state index is 13.6. The highest BCUT2D eigenvalue weighted by atomic mass is 19.1. The summed E-state index contributed by atoms with van der Waals surface area (Å²) in [5.74, 6) is -0.266. The Bertz CT molecular complexity index is 1370. The van der Waals surface area contributed by atoms with E-state index in [2.05, 4.69) is 15.2 Å². The van der Waals surface area contributed by atoms with Crippen LogP contribution in [0.3, 0.4) is 0 Å². The van der Waals surface area contributed by atoms with Gasteiger partial charge >= 0.3 is 0 Å². The Kier molecular flexibility index (Phi) is 9.81. The summed E-state index contributed by atoms with van der Waals surface area (Å²) in [4.78, 5) is 35.6. The molecule has 0 atom stereocenters. The fraction of sp³-hybridized carbons (Fsp3) is 0.406. The van der Waals surface area contributed by atoms with Gasteiger partial charge in [0.1, 0.15) is 17.3 Å². The smallest absolute Gasteiger partial charge is 0.276 e. The Labute approximate surface area is 241 Å². The van der Waals surface area contributed by atoms with Gasteiger partial charge in [-0.2, -0.15) is 0 Å². The molecule has 1 fully saturated rings.